The molecule has 0 spiro atoms. The average Bonchev–Trinajstić information content (AvgIpc) is 2.65. The first-order chi connectivity index (χ1) is 13.4. The van der Waals surface area contributed by atoms with E-state index < -0.39 is 12.1 Å². The number of hydrogen-bond donors (Lipinski definition) is 1. The fourth-order valence-corrected chi connectivity index (χ4v) is 5.86. The van der Waals surface area contributed by atoms with Gasteiger partial charge in [0.05, 0.1) is 0 Å². The SMILES string of the molecule is C[C@@H](Oc1ccc(F)cc1)C(=O)OCC(=O)NCC12CC3CC(CC(C3)C1)C2. The Kier molecular flexibility index (Phi) is 5.30. The maximum atomic E-state index is 12.9. The maximum absolute atomic E-state index is 12.9. The Morgan fingerprint density at radius 1 is 1.11 bits per heavy atom. The summed E-state index contributed by atoms with van der Waals surface area (Å²) in [6, 6.07) is 5.39. The highest BCUT2D eigenvalue weighted by Crippen LogP contribution is 2.59. The molecule has 152 valence electrons. The molecule has 4 aliphatic rings. The lowest BCUT2D eigenvalue weighted by Gasteiger charge is -2.56. The van der Waals surface area contributed by atoms with Crippen molar-refractivity contribution >= 4 is 11.9 Å². The van der Waals surface area contributed by atoms with Crippen LogP contribution < -0.4 is 10.1 Å². The van der Waals surface area contributed by atoms with Crippen LogP contribution in [0.5, 0.6) is 5.75 Å². The minimum atomic E-state index is -0.874. The summed E-state index contributed by atoms with van der Waals surface area (Å²) in [5.74, 6) is 1.63. The van der Waals surface area contributed by atoms with E-state index in [1.54, 1.807) is 6.92 Å². The third-order valence-electron chi connectivity index (χ3n) is 6.63. The molecule has 1 amide bonds. The van der Waals surface area contributed by atoms with Crippen LogP contribution in [0.25, 0.3) is 0 Å². The molecule has 0 saturated heterocycles. The fraction of sp³-hybridized carbons (Fsp3) is 0.636. The Bertz CT molecular complexity index is 697. The molecule has 1 atom stereocenters. The largest absolute Gasteiger partial charge is 0.479 e. The molecule has 4 bridgehead atoms. The molecule has 0 unspecified atom stereocenters. The first-order valence-electron chi connectivity index (χ1n) is 10.3. The van der Waals surface area contributed by atoms with Gasteiger partial charge >= 0.3 is 5.97 Å². The van der Waals surface area contributed by atoms with Crippen molar-refractivity contribution in [3.63, 3.8) is 0 Å². The Balaban J connectivity index is 1.20. The predicted octanol–water partition coefficient (Wildman–Crippen LogP) is 3.47. The van der Waals surface area contributed by atoms with E-state index >= 15 is 0 Å². The van der Waals surface area contributed by atoms with Crippen LogP contribution in [0.15, 0.2) is 24.3 Å². The number of nitrogens with one attached hydrogen (secondary N) is 1. The van der Waals surface area contributed by atoms with Gasteiger partial charge in [0.25, 0.3) is 5.91 Å². The summed E-state index contributed by atoms with van der Waals surface area (Å²) in [6.07, 6.45) is 6.91. The van der Waals surface area contributed by atoms with Crippen LogP contribution in [0.2, 0.25) is 0 Å². The van der Waals surface area contributed by atoms with E-state index in [9.17, 15) is 14.0 Å². The Morgan fingerprint density at radius 2 is 1.68 bits per heavy atom. The third kappa shape index (κ3) is 4.31. The van der Waals surface area contributed by atoms with E-state index in [2.05, 4.69) is 5.32 Å². The number of hydrogen-bond acceptors (Lipinski definition) is 4. The number of benzene rings is 1. The standard InChI is InChI=1S/C22H28FNO4/c1-14(28-19-4-2-18(23)3-5-19)21(26)27-12-20(25)24-13-22-9-15-6-16(10-22)8-17(7-15)11-22/h2-5,14-17H,6-13H2,1H3,(H,24,25)/t14-,15?,16?,17?,22?/m1/s1. The second kappa shape index (κ2) is 7.72. The van der Waals surface area contributed by atoms with Crippen molar-refractivity contribution in [1.82, 2.24) is 5.32 Å². The van der Waals surface area contributed by atoms with Gasteiger partial charge in [-0.1, -0.05) is 0 Å². The van der Waals surface area contributed by atoms with E-state index in [0.29, 0.717) is 12.3 Å². The number of amides is 1. The molecule has 4 fully saturated rings. The molecule has 5 rings (SSSR count). The molecule has 5 nitrogen and oxygen atoms in total. The maximum Gasteiger partial charge on any atom is 0.347 e. The summed E-state index contributed by atoms with van der Waals surface area (Å²) in [6.45, 7) is 1.93. The first-order valence-corrected chi connectivity index (χ1v) is 10.3. The van der Waals surface area contributed by atoms with E-state index in [-0.39, 0.29) is 23.7 Å². The highest BCUT2D eigenvalue weighted by Gasteiger charge is 2.50. The van der Waals surface area contributed by atoms with Crippen LogP contribution in [-0.4, -0.2) is 31.1 Å². The topological polar surface area (TPSA) is 64.6 Å². The molecule has 1 aromatic carbocycles. The highest BCUT2D eigenvalue weighted by atomic mass is 19.1. The predicted molar refractivity (Wildman–Crippen MR) is 101 cm³/mol. The van der Waals surface area contributed by atoms with Crippen molar-refractivity contribution in [2.24, 2.45) is 23.2 Å². The lowest BCUT2D eigenvalue weighted by molar-refractivity contribution is -0.155. The molecule has 0 aromatic heterocycles. The zero-order chi connectivity index (χ0) is 19.7. The zero-order valence-corrected chi connectivity index (χ0v) is 16.3. The van der Waals surface area contributed by atoms with E-state index in [4.69, 9.17) is 9.47 Å². The number of rotatable bonds is 7. The molecule has 4 saturated carbocycles. The van der Waals surface area contributed by atoms with Gasteiger partial charge in [0, 0.05) is 6.54 Å². The lowest BCUT2D eigenvalue weighted by atomic mass is 9.49. The quantitative estimate of drug-likeness (QED) is 0.726. The molecule has 1 N–H and O–H groups in total. The van der Waals surface area contributed by atoms with Crippen molar-refractivity contribution in [1.29, 1.82) is 0 Å². The van der Waals surface area contributed by atoms with Crippen molar-refractivity contribution in [3.05, 3.63) is 30.1 Å². The van der Waals surface area contributed by atoms with Crippen LogP contribution in [0.1, 0.15) is 45.4 Å². The number of carbonyl (C=O) groups excluding carboxylic acids is 2. The normalized spacial score (nSPS) is 31.3. The first kappa shape index (κ1) is 19.2. The molecule has 6 heteroatoms. The third-order valence-corrected chi connectivity index (χ3v) is 6.63. The van der Waals surface area contributed by atoms with Gasteiger partial charge in [0.1, 0.15) is 11.6 Å². The van der Waals surface area contributed by atoms with Crippen LogP contribution in [0, 0.1) is 29.0 Å². The molecule has 0 radical (unpaired) electrons. The van der Waals surface area contributed by atoms with Gasteiger partial charge in [-0.15, -0.1) is 0 Å². The van der Waals surface area contributed by atoms with E-state index in [0.717, 1.165) is 17.8 Å². The van der Waals surface area contributed by atoms with Crippen LogP contribution >= 0.6 is 0 Å². The molecule has 1 aromatic rings. The van der Waals surface area contributed by atoms with Gasteiger partial charge < -0.3 is 14.8 Å². The second-order valence-electron chi connectivity index (χ2n) is 9.02. The highest BCUT2D eigenvalue weighted by molar-refractivity contribution is 5.82. The van der Waals surface area contributed by atoms with Crippen LogP contribution in [-0.2, 0) is 14.3 Å². The molecule has 0 aliphatic heterocycles. The Morgan fingerprint density at radius 3 is 2.25 bits per heavy atom. The summed E-state index contributed by atoms with van der Waals surface area (Å²) < 4.78 is 23.4. The van der Waals surface area contributed by atoms with Crippen molar-refractivity contribution in [3.8, 4) is 5.75 Å². The number of ether oxygens (including phenoxy) is 2. The van der Waals surface area contributed by atoms with Gasteiger partial charge in [0.15, 0.2) is 12.7 Å². The molecular formula is C22H28FNO4. The van der Waals surface area contributed by atoms with Gasteiger partial charge in [-0.25, -0.2) is 9.18 Å². The molecule has 0 heterocycles. The number of carbonyl (C=O) groups is 2. The monoisotopic (exact) mass is 389 g/mol. The van der Waals surface area contributed by atoms with Crippen molar-refractivity contribution in [2.75, 3.05) is 13.2 Å². The Labute approximate surface area is 165 Å². The van der Waals surface area contributed by atoms with Gasteiger partial charge in [-0.2, -0.15) is 0 Å². The van der Waals surface area contributed by atoms with Crippen molar-refractivity contribution < 1.29 is 23.5 Å². The Hall–Kier alpha value is -2.11. The zero-order valence-electron chi connectivity index (χ0n) is 16.3. The van der Waals surface area contributed by atoms with Gasteiger partial charge in [-0.3, -0.25) is 4.79 Å². The lowest BCUT2D eigenvalue weighted by Crippen LogP contribution is -2.51. The minimum absolute atomic E-state index is 0.257. The second-order valence-corrected chi connectivity index (χ2v) is 9.02. The van der Waals surface area contributed by atoms with Crippen LogP contribution in [0.3, 0.4) is 0 Å². The number of halogens is 1. The number of esters is 1. The van der Waals surface area contributed by atoms with Crippen LogP contribution in [0.4, 0.5) is 4.39 Å². The van der Waals surface area contributed by atoms with Gasteiger partial charge in [0.2, 0.25) is 0 Å². The van der Waals surface area contributed by atoms with E-state index in [1.165, 1.54) is 62.8 Å². The summed E-state index contributed by atoms with van der Waals surface area (Å²) in [7, 11) is 0. The fourth-order valence-electron chi connectivity index (χ4n) is 5.86. The summed E-state index contributed by atoms with van der Waals surface area (Å²) >= 11 is 0. The van der Waals surface area contributed by atoms with Gasteiger partial charge in [-0.05, 0) is 92.9 Å². The summed E-state index contributed by atoms with van der Waals surface area (Å²) in [5, 5.41) is 2.99. The molecule has 4 aliphatic carbocycles. The smallest absolute Gasteiger partial charge is 0.347 e. The minimum Gasteiger partial charge on any atom is -0.479 e. The summed E-state index contributed by atoms with van der Waals surface area (Å²) in [5.41, 5.74) is 0.257. The molecular weight excluding hydrogens is 361 g/mol. The van der Waals surface area contributed by atoms with Crippen molar-refractivity contribution in [2.45, 2.75) is 51.6 Å². The van der Waals surface area contributed by atoms with E-state index in [1.807, 2.05) is 0 Å². The molecule has 28 heavy (non-hydrogen) atoms. The summed E-state index contributed by atoms with van der Waals surface area (Å²) in [4.78, 5) is 24.2. The average molecular weight is 389 g/mol.